The molecule has 1 aromatic rings. The first-order valence-electron chi connectivity index (χ1n) is 7.14. The third kappa shape index (κ3) is 2.80. The van der Waals surface area contributed by atoms with E-state index in [1.54, 1.807) is 11.0 Å². The molecule has 24 heavy (non-hydrogen) atoms. The molecule has 8 heteroatoms. The van der Waals surface area contributed by atoms with Crippen molar-refractivity contribution in [2.75, 3.05) is 12.8 Å². The van der Waals surface area contributed by atoms with Crippen molar-refractivity contribution in [1.82, 2.24) is 4.90 Å². The van der Waals surface area contributed by atoms with E-state index in [-0.39, 0.29) is 10.7 Å². The molecule has 0 aliphatic carbocycles. The maximum absolute atomic E-state index is 12.8. The second kappa shape index (κ2) is 5.86. The highest BCUT2D eigenvalue weighted by atomic mass is 79.9. The summed E-state index contributed by atoms with van der Waals surface area (Å²) in [6.07, 6.45) is 3.16. The van der Waals surface area contributed by atoms with Gasteiger partial charge in [-0.15, -0.1) is 0 Å². The molecule has 0 saturated heterocycles. The molecule has 0 fully saturated rings. The molecule has 3 rings (SSSR count). The Kier molecular flexibility index (Phi) is 4.13. The Labute approximate surface area is 147 Å². The first-order chi connectivity index (χ1) is 11.2. The number of carboxylic acid groups (broad SMARTS) is 1. The normalized spacial score (nSPS) is 20.2. The van der Waals surface area contributed by atoms with Crippen LogP contribution in [0.4, 0.5) is 0 Å². The van der Waals surface area contributed by atoms with Crippen molar-refractivity contribution in [3.05, 3.63) is 51.7 Å². The van der Waals surface area contributed by atoms with Gasteiger partial charge in [-0.2, -0.15) is 0 Å². The Morgan fingerprint density at radius 1 is 1.25 bits per heavy atom. The van der Waals surface area contributed by atoms with E-state index in [0.29, 0.717) is 34.3 Å². The summed E-state index contributed by atoms with van der Waals surface area (Å²) in [5, 5.41) is 9.22. The van der Waals surface area contributed by atoms with Crippen LogP contribution in [0.2, 0.25) is 0 Å². The average Bonchev–Trinajstić information content (AvgIpc) is 3.03. The molecule has 2 heterocycles. The minimum absolute atomic E-state index is 0.148. The summed E-state index contributed by atoms with van der Waals surface area (Å²) in [6.45, 7) is 0.459. The van der Waals surface area contributed by atoms with E-state index in [0.717, 1.165) is 6.26 Å². The number of hydrogen-bond donors (Lipinski definition) is 1. The van der Waals surface area contributed by atoms with E-state index in [4.69, 9.17) is 0 Å². The summed E-state index contributed by atoms with van der Waals surface area (Å²) >= 11 is 3.36. The molecule has 2 aliphatic rings. The van der Waals surface area contributed by atoms with Crippen molar-refractivity contribution >= 4 is 37.5 Å². The maximum atomic E-state index is 12.8. The zero-order valence-electron chi connectivity index (χ0n) is 12.7. The van der Waals surface area contributed by atoms with Gasteiger partial charge in [0.05, 0.1) is 10.5 Å². The molecule has 0 spiro atoms. The average molecular weight is 412 g/mol. The van der Waals surface area contributed by atoms with E-state index < -0.39 is 21.8 Å². The number of Topliss-reactive ketones (excluding diaryl/α,β-unsaturated/α-hetero) is 1. The fraction of sp³-hybridized carbons (Fsp3) is 0.250. The molecule has 126 valence electrons. The lowest BCUT2D eigenvalue weighted by atomic mass is 10.0. The van der Waals surface area contributed by atoms with Gasteiger partial charge in [-0.25, -0.2) is 13.2 Å². The number of carboxylic acids is 1. The molecule has 2 aliphatic heterocycles. The molecule has 0 radical (unpaired) electrons. The highest BCUT2D eigenvalue weighted by molar-refractivity contribution is 9.11. The van der Waals surface area contributed by atoms with Crippen LogP contribution in [-0.2, 0) is 14.6 Å². The van der Waals surface area contributed by atoms with Gasteiger partial charge in [-0.3, -0.25) is 4.79 Å². The lowest BCUT2D eigenvalue weighted by Gasteiger charge is -2.24. The molecule has 0 aromatic heterocycles. The van der Waals surface area contributed by atoms with Crippen molar-refractivity contribution in [2.24, 2.45) is 0 Å². The van der Waals surface area contributed by atoms with Crippen LogP contribution < -0.4 is 0 Å². The predicted molar refractivity (Wildman–Crippen MR) is 90.7 cm³/mol. The Hall–Kier alpha value is -1.93. The fourth-order valence-electron chi connectivity index (χ4n) is 2.96. The number of hydrogen-bond acceptors (Lipinski definition) is 5. The van der Waals surface area contributed by atoms with Crippen LogP contribution in [0.5, 0.6) is 0 Å². The smallest absolute Gasteiger partial charge is 0.333 e. The SMILES string of the molecule is CS(=O)(=O)c1ccc(C(=O)C2C(Br)=CC3=C(C(=O)O)CCN32)cc1. The summed E-state index contributed by atoms with van der Waals surface area (Å²) in [5.74, 6) is -1.19. The van der Waals surface area contributed by atoms with Gasteiger partial charge in [-0.05, 0) is 24.6 Å². The Balaban J connectivity index is 1.92. The number of halogens is 1. The van der Waals surface area contributed by atoms with E-state index in [9.17, 15) is 23.1 Å². The second-order valence-electron chi connectivity index (χ2n) is 5.70. The number of sulfone groups is 1. The van der Waals surface area contributed by atoms with E-state index in [1.165, 1.54) is 24.3 Å². The van der Waals surface area contributed by atoms with Crippen LogP contribution in [0.25, 0.3) is 0 Å². The van der Waals surface area contributed by atoms with Crippen molar-refractivity contribution in [2.45, 2.75) is 17.4 Å². The van der Waals surface area contributed by atoms with E-state index >= 15 is 0 Å². The van der Waals surface area contributed by atoms with Crippen LogP contribution in [-0.4, -0.2) is 49.0 Å². The number of carbonyl (C=O) groups excluding carboxylic acids is 1. The molecule has 0 amide bonds. The van der Waals surface area contributed by atoms with Crippen LogP contribution in [0, 0.1) is 0 Å². The number of ketones is 1. The van der Waals surface area contributed by atoms with Gasteiger partial charge in [0, 0.05) is 28.5 Å². The number of fused-ring (bicyclic) bond motifs is 1. The lowest BCUT2D eigenvalue weighted by Crippen LogP contribution is -2.35. The summed E-state index contributed by atoms with van der Waals surface area (Å²) in [6, 6.07) is 5.15. The van der Waals surface area contributed by atoms with Crippen LogP contribution in [0.1, 0.15) is 16.8 Å². The van der Waals surface area contributed by atoms with E-state index in [1.807, 2.05) is 0 Å². The highest BCUT2D eigenvalue weighted by Crippen LogP contribution is 2.39. The molecule has 0 bridgehead atoms. The van der Waals surface area contributed by atoms with Gasteiger partial charge < -0.3 is 10.0 Å². The highest BCUT2D eigenvalue weighted by Gasteiger charge is 2.40. The number of benzene rings is 1. The number of allylic oxidation sites excluding steroid dienone is 1. The largest absolute Gasteiger partial charge is 0.478 e. The molecule has 1 N–H and O–H groups in total. The number of rotatable bonds is 4. The molecular formula is C16H14BrNO5S. The zero-order chi connectivity index (χ0) is 17.6. The topological polar surface area (TPSA) is 91.8 Å². The summed E-state index contributed by atoms with van der Waals surface area (Å²) < 4.78 is 23.6. The number of aliphatic carboxylic acids is 1. The number of nitrogens with zero attached hydrogens (tertiary/aromatic N) is 1. The quantitative estimate of drug-likeness (QED) is 0.761. The summed E-state index contributed by atoms with van der Waals surface area (Å²) in [7, 11) is -3.32. The van der Waals surface area contributed by atoms with E-state index in [2.05, 4.69) is 15.9 Å². The zero-order valence-corrected chi connectivity index (χ0v) is 15.1. The number of carbonyl (C=O) groups is 2. The standard InChI is InChI=1S/C16H14BrNO5S/c1-24(22,23)10-4-2-9(3-5-10)15(19)14-12(17)8-13-11(16(20)21)6-7-18(13)14/h2-5,8,14H,6-7H2,1H3,(H,20,21). The lowest BCUT2D eigenvalue weighted by molar-refractivity contribution is -0.132. The van der Waals surface area contributed by atoms with Gasteiger partial charge in [0.15, 0.2) is 15.6 Å². The minimum atomic E-state index is -3.32. The molecule has 1 unspecified atom stereocenters. The minimum Gasteiger partial charge on any atom is -0.478 e. The van der Waals surface area contributed by atoms with Crippen LogP contribution >= 0.6 is 15.9 Å². The second-order valence-corrected chi connectivity index (χ2v) is 8.64. The first kappa shape index (κ1) is 16.9. The van der Waals surface area contributed by atoms with Crippen molar-refractivity contribution < 1.29 is 23.1 Å². The third-order valence-corrected chi connectivity index (χ3v) is 5.93. The van der Waals surface area contributed by atoms with Gasteiger partial charge in [0.1, 0.15) is 6.04 Å². The van der Waals surface area contributed by atoms with Crippen molar-refractivity contribution in [3.63, 3.8) is 0 Å². The Bertz CT molecular complexity index is 899. The van der Waals surface area contributed by atoms with Gasteiger partial charge in [-0.1, -0.05) is 28.1 Å². The Morgan fingerprint density at radius 3 is 2.42 bits per heavy atom. The summed E-state index contributed by atoms with van der Waals surface area (Å²) in [4.78, 5) is 26.0. The molecular weight excluding hydrogens is 398 g/mol. The van der Waals surface area contributed by atoms with Gasteiger partial charge in [0.25, 0.3) is 0 Å². The molecule has 1 aromatic carbocycles. The molecule has 0 saturated carbocycles. The van der Waals surface area contributed by atoms with Crippen molar-refractivity contribution in [3.8, 4) is 0 Å². The molecule has 6 nitrogen and oxygen atoms in total. The third-order valence-electron chi connectivity index (χ3n) is 4.14. The van der Waals surface area contributed by atoms with Gasteiger partial charge in [0.2, 0.25) is 0 Å². The van der Waals surface area contributed by atoms with Crippen LogP contribution in [0.3, 0.4) is 0 Å². The van der Waals surface area contributed by atoms with Crippen molar-refractivity contribution in [1.29, 1.82) is 0 Å². The predicted octanol–water partition coefficient (Wildman–Crippen LogP) is 1.98. The summed E-state index contributed by atoms with van der Waals surface area (Å²) in [5.41, 5.74) is 1.23. The van der Waals surface area contributed by atoms with Gasteiger partial charge >= 0.3 is 5.97 Å². The Morgan fingerprint density at radius 2 is 1.88 bits per heavy atom. The maximum Gasteiger partial charge on any atom is 0.333 e. The van der Waals surface area contributed by atoms with Crippen LogP contribution in [0.15, 0.2) is 51.0 Å². The monoisotopic (exact) mass is 411 g/mol. The first-order valence-corrected chi connectivity index (χ1v) is 9.83. The fourth-order valence-corrected chi connectivity index (χ4v) is 4.26. The molecule has 1 atom stereocenters.